The molecule has 1 saturated heterocycles. The third kappa shape index (κ3) is 5.98. The normalized spacial score (nSPS) is 13.2. The SMILES string of the molecule is Nc1nccc(Oc2ccc(NC(=O)c3ccnn(-c4ccc(F)cc4)c3=O)cc2F)c1C#CC1CCNCC1. The Kier molecular flexibility index (Phi) is 7.80. The number of nitrogens with zero attached hydrogens (tertiary/aromatic N) is 3. The lowest BCUT2D eigenvalue weighted by Gasteiger charge is -2.17. The molecule has 1 amide bonds. The zero-order valence-electron chi connectivity index (χ0n) is 21.2. The highest BCUT2D eigenvalue weighted by molar-refractivity contribution is 6.04. The second-order valence-corrected chi connectivity index (χ2v) is 9.00. The van der Waals surface area contributed by atoms with Crippen molar-refractivity contribution in [3.63, 3.8) is 0 Å². The van der Waals surface area contributed by atoms with Crippen LogP contribution >= 0.6 is 0 Å². The molecule has 0 spiro atoms. The molecule has 3 heterocycles. The largest absolute Gasteiger partial charge is 0.453 e. The number of nitrogens with one attached hydrogen (secondary N) is 2. The Morgan fingerprint density at radius 3 is 2.58 bits per heavy atom. The first-order chi connectivity index (χ1) is 19.4. The number of hydrogen-bond acceptors (Lipinski definition) is 7. The van der Waals surface area contributed by atoms with Gasteiger partial charge in [-0.25, -0.2) is 13.8 Å². The molecule has 0 unspecified atom stereocenters. The van der Waals surface area contributed by atoms with Gasteiger partial charge < -0.3 is 21.1 Å². The molecule has 9 nitrogen and oxygen atoms in total. The van der Waals surface area contributed by atoms with E-state index in [4.69, 9.17) is 10.5 Å². The molecule has 0 bridgehead atoms. The van der Waals surface area contributed by atoms with Crippen molar-refractivity contribution < 1.29 is 18.3 Å². The van der Waals surface area contributed by atoms with Gasteiger partial charge in [0.15, 0.2) is 11.6 Å². The summed E-state index contributed by atoms with van der Waals surface area (Å²) in [5.41, 5.74) is 5.83. The van der Waals surface area contributed by atoms with Gasteiger partial charge >= 0.3 is 0 Å². The second-order valence-electron chi connectivity index (χ2n) is 9.00. The highest BCUT2D eigenvalue weighted by Crippen LogP contribution is 2.30. The third-order valence-corrected chi connectivity index (χ3v) is 6.25. The first kappa shape index (κ1) is 26.5. The number of halogens is 2. The Morgan fingerprint density at radius 1 is 1.05 bits per heavy atom. The van der Waals surface area contributed by atoms with Crippen molar-refractivity contribution >= 4 is 17.4 Å². The van der Waals surface area contributed by atoms with Gasteiger partial charge in [-0.1, -0.05) is 11.8 Å². The van der Waals surface area contributed by atoms with Gasteiger partial charge in [-0.05, 0) is 68.4 Å². The van der Waals surface area contributed by atoms with Gasteiger partial charge in [0.2, 0.25) is 0 Å². The fourth-order valence-corrected chi connectivity index (χ4v) is 4.14. The molecule has 40 heavy (non-hydrogen) atoms. The van der Waals surface area contributed by atoms with Gasteiger partial charge in [0, 0.05) is 36.1 Å². The van der Waals surface area contributed by atoms with E-state index in [2.05, 4.69) is 32.6 Å². The van der Waals surface area contributed by atoms with Crippen molar-refractivity contribution in [2.24, 2.45) is 5.92 Å². The summed E-state index contributed by atoms with van der Waals surface area (Å²) in [4.78, 5) is 29.8. The van der Waals surface area contributed by atoms with Crippen LogP contribution in [-0.2, 0) is 0 Å². The summed E-state index contributed by atoms with van der Waals surface area (Å²) in [7, 11) is 0. The van der Waals surface area contributed by atoms with Crippen LogP contribution in [0.5, 0.6) is 11.5 Å². The zero-order chi connectivity index (χ0) is 28.1. The first-order valence-electron chi connectivity index (χ1n) is 12.5. The molecule has 0 atom stereocenters. The number of carbonyl (C=O) groups is 1. The number of aromatic nitrogens is 3. The lowest BCUT2D eigenvalue weighted by molar-refractivity contribution is 0.102. The third-order valence-electron chi connectivity index (χ3n) is 6.25. The van der Waals surface area contributed by atoms with E-state index in [-0.39, 0.29) is 40.2 Å². The highest BCUT2D eigenvalue weighted by Gasteiger charge is 2.17. The maximum absolute atomic E-state index is 15.0. The molecule has 4 N–H and O–H groups in total. The monoisotopic (exact) mass is 542 g/mol. The van der Waals surface area contributed by atoms with Gasteiger partial charge in [0.05, 0.1) is 5.69 Å². The summed E-state index contributed by atoms with van der Waals surface area (Å²) in [5, 5.41) is 9.73. The lowest BCUT2D eigenvalue weighted by Crippen LogP contribution is -2.29. The number of carbonyl (C=O) groups excluding carboxylic acids is 1. The Labute approximate surface area is 228 Å². The van der Waals surface area contributed by atoms with Gasteiger partial charge in [0.25, 0.3) is 11.5 Å². The van der Waals surface area contributed by atoms with E-state index in [1.165, 1.54) is 54.9 Å². The predicted molar refractivity (Wildman–Crippen MR) is 145 cm³/mol. The van der Waals surface area contributed by atoms with Gasteiger partial charge in [0.1, 0.15) is 28.5 Å². The van der Waals surface area contributed by atoms with E-state index < -0.39 is 23.1 Å². The average molecular weight is 543 g/mol. The number of piperidine rings is 1. The van der Waals surface area contributed by atoms with Crippen LogP contribution in [0.1, 0.15) is 28.8 Å². The summed E-state index contributed by atoms with van der Waals surface area (Å²) < 4.78 is 35.0. The van der Waals surface area contributed by atoms with Crippen LogP contribution in [0.15, 0.2) is 71.8 Å². The topological polar surface area (TPSA) is 124 Å². The highest BCUT2D eigenvalue weighted by atomic mass is 19.1. The van der Waals surface area contributed by atoms with Crippen LogP contribution in [0, 0.1) is 29.4 Å². The summed E-state index contributed by atoms with van der Waals surface area (Å²) in [6.45, 7) is 1.79. The van der Waals surface area contributed by atoms with E-state index in [1.807, 2.05) is 0 Å². The van der Waals surface area contributed by atoms with Crippen LogP contribution in [0.3, 0.4) is 0 Å². The molecule has 1 aliphatic rings. The minimum absolute atomic E-state index is 0.0968. The van der Waals surface area contributed by atoms with Crippen molar-refractivity contribution in [2.45, 2.75) is 12.8 Å². The number of ether oxygens (including phenoxy) is 1. The molecule has 0 radical (unpaired) electrons. The molecule has 5 rings (SSSR count). The number of benzene rings is 2. The van der Waals surface area contributed by atoms with Crippen LogP contribution in [0.4, 0.5) is 20.3 Å². The smallest absolute Gasteiger partial charge is 0.284 e. The number of rotatable bonds is 5. The molecule has 0 saturated carbocycles. The van der Waals surface area contributed by atoms with E-state index in [0.717, 1.165) is 36.7 Å². The van der Waals surface area contributed by atoms with Crippen molar-refractivity contribution in [3.8, 4) is 29.0 Å². The maximum Gasteiger partial charge on any atom is 0.284 e. The second kappa shape index (κ2) is 11.8. The number of amides is 1. The van der Waals surface area contributed by atoms with E-state index >= 15 is 4.39 Å². The number of nitrogens with two attached hydrogens (primary N) is 1. The van der Waals surface area contributed by atoms with E-state index in [1.54, 1.807) is 6.07 Å². The fraction of sp³-hybridized carbons (Fsp3) is 0.172. The minimum Gasteiger partial charge on any atom is -0.453 e. The van der Waals surface area contributed by atoms with Gasteiger partial charge in [-0.3, -0.25) is 9.59 Å². The quantitative estimate of drug-likeness (QED) is 0.327. The Morgan fingerprint density at radius 2 is 1.82 bits per heavy atom. The van der Waals surface area contributed by atoms with Gasteiger partial charge in [-0.2, -0.15) is 9.78 Å². The number of nitrogen functional groups attached to an aromatic ring is 1. The number of pyridine rings is 1. The molecule has 11 heteroatoms. The Hall–Kier alpha value is -5.08. The maximum atomic E-state index is 15.0. The minimum atomic E-state index is -0.770. The molecule has 2 aromatic carbocycles. The lowest BCUT2D eigenvalue weighted by atomic mass is 9.98. The molecule has 4 aromatic rings. The Balaban J connectivity index is 1.33. The summed E-state index contributed by atoms with van der Waals surface area (Å²) in [5.74, 6) is 4.77. The van der Waals surface area contributed by atoms with Crippen LogP contribution in [0.25, 0.3) is 5.69 Å². The summed E-state index contributed by atoms with van der Waals surface area (Å²) in [6.07, 6.45) is 4.55. The molecule has 0 aliphatic carbocycles. The first-order valence-corrected chi connectivity index (χ1v) is 12.5. The standard InChI is InChI=1S/C29H24F2N6O3/c30-19-2-5-21(6-3-19)37-29(39)23(11-16-35-37)28(38)36-20-4-8-26(24(31)17-20)40-25-12-15-34-27(32)22(25)7-1-18-9-13-33-14-10-18/h2-6,8,11-12,15-18,33H,9-10,13-14H2,(H2,32,34)(H,36,38). The van der Waals surface area contributed by atoms with Crippen molar-refractivity contribution in [1.29, 1.82) is 0 Å². The van der Waals surface area contributed by atoms with Crippen LogP contribution in [-0.4, -0.2) is 33.8 Å². The molecule has 1 fully saturated rings. The Bertz CT molecular complexity index is 1670. The molecular formula is C29H24F2N6O3. The zero-order valence-corrected chi connectivity index (χ0v) is 21.2. The molecule has 202 valence electrons. The predicted octanol–water partition coefficient (Wildman–Crippen LogP) is 3.88. The fourth-order valence-electron chi connectivity index (χ4n) is 4.14. The van der Waals surface area contributed by atoms with Crippen LogP contribution in [0.2, 0.25) is 0 Å². The van der Waals surface area contributed by atoms with Crippen molar-refractivity contribution in [1.82, 2.24) is 20.1 Å². The van der Waals surface area contributed by atoms with Crippen molar-refractivity contribution in [3.05, 3.63) is 100 Å². The van der Waals surface area contributed by atoms with E-state index in [9.17, 15) is 14.0 Å². The van der Waals surface area contributed by atoms with Crippen molar-refractivity contribution in [2.75, 3.05) is 24.1 Å². The molecule has 1 aliphatic heterocycles. The summed E-state index contributed by atoms with van der Waals surface area (Å²) in [6, 6.07) is 11.7. The molecular weight excluding hydrogens is 518 g/mol. The number of anilines is 2. The van der Waals surface area contributed by atoms with Gasteiger partial charge in [-0.15, -0.1) is 0 Å². The summed E-state index contributed by atoms with van der Waals surface area (Å²) >= 11 is 0. The van der Waals surface area contributed by atoms with E-state index in [0.29, 0.717) is 5.56 Å². The average Bonchev–Trinajstić information content (AvgIpc) is 2.95. The molecule has 2 aromatic heterocycles. The van der Waals surface area contributed by atoms with Crippen LogP contribution < -0.4 is 26.7 Å². The number of hydrogen-bond donors (Lipinski definition) is 3.